The Hall–Kier alpha value is -3.65. The SMILES string of the molecule is CC(C)n1cnc2c(NC3CCN(Cc4ccccc4)CC3)nc(Nc3cccc(N(C)C)c3)nc21. The third-order valence-corrected chi connectivity index (χ3v) is 6.77. The lowest BCUT2D eigenvalue weighted by molar-refractivity contribution is 0.211. The lowest BCUT2D eigenvalue weighted by atomic mass is 10.0. The Morgan fingerprint density at radius 2 is 1.78 bits per heavy atom. The van der Waals surface area contributed by atoms with Crippen LogP contribution in [-0.4, -0.2) is 57.6 Å². The molecule has 0 aliphatic carbocycles. The van der Waals surface area contributed by atoms with Crippen LogP contribution in [0.3, 0.4) is 0 Å². The van der Waals surface area contributed by atoms with Crippen LogP contribution in [0.5, 0.6) is 0 Å². The van der Waals surface area contributed by atoms with Gasteiger partial charge in [-0.15, -0.1) is 0 Å². The molecule has 8 nitrogen and oxygen atoms in total. The molecule has 0 spiro atoms. The lowest BCUT2D eigenvalue weighted by Gasteiger charge is -2.32. The van der Waals surface area contributed by atoms with Crippen LogP contribution in [0.2, 0.25) is 0 Å². The molecule has 5 rings (SSSR count). The zero-order valence-corrected chi connectivity index (χ0v) is 21.6. The summed E-state index contributed by atoms with van der Waals surface area (Å²) in [6, 6.07) is 19.6. The van der Waals surface area contributed by atoms with E-state index in [2.05, 4.69) is 81.3 Å². The molecule has 1 saturated heterocycles. The molecule has 4 aromatic rings. The van der Waals surface area contributed by atoms with E-state index in [0.29, 0.717) is 12.0 Å². The number of benzene rings is 2. The smallest absolute Gasteiger partial charge is 0.231 e. The van der Waals surface area contributed by atoms with E-state index < -0.39 is 0 Å². The van der Waals surface area contributed by atoms with E-state index in [1.54, 1.807) is 0 Å². The number of piperidine rings is 1. The standard InChI is InChI=1S/C28H36N8/c1-20(2)36-19-29-25-26(30-22-13-15-35(16-14-22)18-21-9-6-5-7-10-21)32-28(33-27(25)36)31-23-11-8-12-24(17-23)34(3)4/h5-12,17,19-20,22H,13-16,18H2,1-4H3,(H2,30,31,32,33). The highest BCUT2D eigenvalue weighted by Gasteiger charge is 2.22. The van der Waals surface area contributed by atoms with Crippen molar-refractivity contribution < 1.29 is 0 Å². The molecule has 2 N–H and O–H groups in total. The van der Waals surface area contributed by atoms with Gasteiger partial charge in [-0.3, -0.25) is 4.90 Å². The summed E-state index contributed by atoms with van der Waals surface area (Å²) in [4.78, 5) is 19.0. The van der Waals surface area contributed by atoms with Gasteiger partial charge in [0.25, 0.3) is 0 Å². The van der Waals surface area contributed by atoms with Gasteiger partial charge in [0, 0.05) is 57.2 Å². The fraction of sp³-hybridized carbons (Fsp3) is 0.393. The molecular weight excluding hydrogens is 448 g/mol. The number of anilines is 4. The maximum absolute atomic E-state index is 4.89. The Morgan fingerprint density at radius 3 is 2.50 bits per heavy atom. The van der Waals surface area contributed by atoms with Crippen molar-refractivity contribution in [2.45, 2.75) is 45.3 Å². The van der Waals surface area contributed by atoms with Crippen molar-refractivity contribution in [3.63, 3.8) is 0 Å². The first kappa shape index (κ1) is 24.1. The molecule has 2 aromatic heterocycles. The van der Waals surface area contributed by atoms with Crippen LogP contribution in [0.25, 0.3) is 11.2 Å². The second kappa shape index (κ2) is 10.5. The number of aromatic nitrogens is 4. The molecule has 0 radical (unpaired) electrons. The average molecular weight is 485 g/mol. The molecule has 0 bridgehead atoms. The minimum Gasteiger partial charge on any atom is -0.378 e. The molecule has 8 heteroatoms. The first-order valence-electron chi connectivity index (χ1n) is 12.8. The van der Waals surface area contributed by atoms with Gasteiger partial charge in [0.2, 0.25) is 5.95 Å². The number of hydrogen-bond donors (Lipinski definition) is 2. The Kier molecular flexibility index (Phi) is 7.04. The molecule has 1 fully saturated rings. The van der Waals surface area contributed by atoms with Gasteiger partial charge in [0.15, 0.2) is 17.0 Å². The molecule has 188 valence electrons. The Bertz CT molecular complexity index is 1290. The highest BCUT2D eigenvalue weighted by atomic mass is 15.2. The van der Waals surface area contributed by atoms with Crippen molar-refractivity contribution in [2.75, 3.05) is 42.7 Å². The summed E-state index contributed by atoms with van der Waals surface area (Å²) < 4.78 is 2.10. The summed E-state index contributed by atoms with van der Waals surface area (Å²) in [7, 11) is 4.08. The van der Waals surface area contributed by atoms with Gasteiger partial charge in [0.05, 0.1) is 6.33 Å². The lowest BCUT2D eigenvalue weighted by Crippen LogP contribution is -2.38. The van der Waals surface area contributed by atoms with Gasteiger partial charge in [-0.1, -0.05) is 36.4 Å². The van der Waals surface area contributed by atoms with Crippen molar-refractivity contribution in [1.29, 1.82) is 0 Å². The molecule has 36 heavy (non-hydrogen) atoms. The molecule has 0 unspecified atom stereocenters. The molecule has 0 saturated carbocycles. The maximum Gasteiger partial charge on any atom is 0.231 e. The van der Waals surface area contributed by atoms with Crippen molar-refractivity contribution in [3.05, 3.63) is 66.5 Å². The fourth-order valence-corrected chi connectivity index (χ4v) is 4.71. The predicted octanol–water partition coefficient (Wildman–Crippen LogP) is 5.29. The van der Waals surface area contributed by atoms with E-state index in [1.165, 1.54) is 5.56 Å². The van der Waals surface area contributed by atoms with Crippen LogP contribution in [0.15, 0.2) is 60.9 Å². The Balaban J connectivity index is 1.35. The summed E-state index contributed by atoms with van der Waals surface area (Å²) in [5.74, 6) is 1.37. The van der Waals surface area contributed by atoms with Crippen LogP contribution in [-0.2, 0) is 6.54 Å². The minimum absolute atomic E-state index is 0.254. The van der Waals surface area contributed by atoms with Gasteiger partial charge < -0.3 is 20.1 Å². The minimum atomic E-state index is 0.254. The molecular formula is C28H36N8. The highest BCUT2D eigenvalue weighted by Crippen LogP contribution is 2.28. The second-order valence-corrected chi connectivity index (χ2v) is 10.1. The monoisotopic (exact) mass is 484 g/mol. The quantitative estimate of drug-likeness (QED) is 0.352. The first-order chi connectivity index (χ1) is 17.5. The maximum atomic E-state index is 4.89. The topological polar surface area (TPSA) is 74.1 Å². The van der Waals surface area contributed by atoms with E-state index in [9.17, 15) is 0 Å². The van der Waals surface area contributed by atoms with Crippen molar-refractivity contribution in [2.24, 2.45) is 0 Å². The molecule has 0 amide bonds. The summed E-state index contributed by atoms with van der Waals surface area (Å²) in [5, 5.41) is 7.14. The van der Waals surface area contributed by atoms with Gasteiger partial charge >= 0.3 is 0 Å². The number of nitrogens with one attached hydrogen (secondary N) is 2. The largest absolute Gasteiger partial charge is 0.378 e. The molecule has 1 aliphatic heterocycles. The number of rotatable bonds is 8. The summed E-state index contributed by atoms with van der Waals surface area (Å²) in [6.07, 6.45) is 4.00. The van der Waals surface area contributed by atoms with Gasteiger partial charge in [-0.25, -0.2) is 4.98 Å². The predicted molar refractivity (Wildman–Crippen MR) is 148 cm³/mol. The number of likely N-dealkylation sites (tertiary alicyclic amines) is 1. The molecule has 1 aliphatic rings. The third kappa shape index (κ3) is 5.44. The van der Waals surface area contributed by atoms with Crippen molar-refractivity contribution in [3.8, 4) is 0 Å². The van der Waals surface area contributed by atoms with Crippen LogP contribution in [0.4, 0.5) is 23.1 Å². The second-order valence-electron chi connectivity index (χ2n) is 10.1. The van der Waals surface area contributed by atoms with E-state index in [0.717, 1.165) is 60.8 Å². The summed E-state index contributed by atoms with van der Waals surface area (Å²) in [5.41, 5.74) is 5.11. The Labute approximate surface area is 213 Å². The number of imidazole rings is 1. The van der Waals surface area contributed by atoms with E-state index in [1.807, 2.05) is 32.6 Å². The van der Waals surface area contributed by atoms with E-state index in [-0.39, 0.29) is 6.04 Å². The summed E-state index contributed by atoms with van der Waals surface area (Å²) in [6.45, 7) is 7.41. The van der Waals surface area contributed by atoms with Crippen LogP contribution in [0, 0.1) is 0 Å². The first-order valence-corrected chi connectivity index (χ1v) is 12.8. The van der Waals surface area contributed by atoms with Crippen molar-refractivity contribution in [1.82, 2.24) is 24.4 Å². The normalized spacial score (nSPS) is 14.9. The number of nitrogens with zero attached hydrogens (tertiary/aromatic N) is 6. The highest BCUT2D eigenvalue weighted by molar-refractivity contribution is 5.85. The van der Waals surface area contributed by atoms with Gasteiger partial charge in [-0.2, -0.15) is 9.97 Å². The van der Waals surface area contributed by atoms with E-state index >= 15 is 0 Å². The zero-order chi connectivity index (χ0) is 25.1. The average Bonchev–Trinajstić information content (AvgIpc) is 3.31. The molecule has 2 aromatic carbocycles. The Morgan fingerprint density at radius 1 is 1.00 bits per heavy atom. The van der Waals surface area contributed by atoms with Crippen LogP contribution < -0.4 is 15.5 Å². The number of fused-ring (bicyclic) bond motifs is 1. The summed E-state index contributed by atoms with van der Waals surface area (Å²) >= 11 is 0. The van der Waals surface area contributed by atoms with Crippen molar-refractivity contribution >= 4 is 34.3 Å². The van der Waals surface area contributed by atoms with Crippen LogP contribution in [0.1, 0.15) is 38.3 Å². The van der Waals surface area contributed by atoms with E-state index in [4.69, 9.17) is 15.0 Å². The zero-order valence-electron chi connectivity index (χ0n) is 21.6. The fourth-order valence-electron chi connectivity index (χ4n) is 4.71. The van der Waals surface area contributed by atoms with Gasteiger partial charge in [-0.05, 0) is 50.5 Å². The number of hydrogen-bond acceptors (Lipinski definition) is 7. The third-order valence-electron chi connectivity index (χ3n) is 6.77. The molecule has 0 atom stereocenters. The molecule has 3 heterocycles. The van der Waals surface area contributed by atoms with Crippen LogP contribution >= 0.6 is 0 Å². The van der Waals surface area contributed by atoms with Gasteiger partial charge in [0.1, 0.15) is 0 Å².